The SMILES string of the molecule is O=C(c1ccc(OCC(O)Cn2ncnn2)cc1F)N1CCC(c2ccc(F)cc2)C1. The van der Waals surface area contributed by atoms with Gasteiger partial charge >= 0.3 is 0 Å². The lowest BCUT2D eigenvalue weighted by atomic mass is 9.98. The molecule has 1 amide bonds. The van der Waals surface area contributed by atoms with Gasteiger partial charge in [0.05, 0.1) is 12.1 Å². The molecule has 0 saturated carbocycles. The normalized spacial score (nSPS) is 17.0. The maximum Gasteiger partial charge on any atom is 0.256 e. The van der Waals surface area contributed by atoms with E-state index in [1.54, 1.807) is 17.0 Å². The summed E-state index contributed by atoms with van der Waals surface area (Å²) in [5.41, 5.74) is 0.917. The van der Waals surface area contributed by atoms with Crippen LogP contribution in [0.3, 0.4) is 0 Å². The van der Waals surface area contributed by atoms with E-state index >= 15 is 0 Å². The highest BCUT2D eigenvalue weighted by Crippen LogP contribution is 2.29. The van der Waals surface area contributed by atoms with Gasteiger partial charge in [0.15, 0.2) is 6.33 Å². The zero-order chi connectivity index (χ0) is 21.8. The fraction of sp³-hybridized carbons (Fsp3) is 0.333. The lowest BCUT2D eigenvalue weighted by molar-refractivity contribution is 0.0783. The Hall–Kier alpha value is -3.40. The van der Waals surface area contributed by atoms with Crippen molar-refractivity contribution in [1.82, 2.24) is 25.1 Å². The Kier molecular flexibility index (Phi) is 6.17. The Morgan fingerprint density at radius 3 is 2.74 bits per heavy atom. The van der Waals surface area contributed by atoms with Gasteiger partial charge in [-0.05, 0) is 41.5 Å². The Bertz CT molecular complexity index is 1030. The monoisotopic (exact) mass is 429 g/mol. The Balaban J connectivity index is 1.34. The van der Waals surface area contributed by atoms with Crippen molar-refractivity contribution >= 4 is 5.91 Å². The first-order valence-corrected chi connectivity index (χ1v) is 9.85. The van der Waals surface area contributed by atoms with Crippen LogP contribution in [0, 0.1) is 11.6 Å². The molecule has 2 unspecified atom stereocenters. The van der Waals surface area contributed by atoms with Gasteiger partial charge < -0.3 is 14.7 Å². The van der Waals surface area contributed by atoms with Crippen molar-refractivity contribution in [2.75, 3.05) is 19.7 Å². The molecule has 4 rings (SSSR count). The molecule has 1 saturated heterocycles. The lowest BCUT2D eigenvalue weighted by Gasteiger charge is -2.18. The van der Waals surface area contributed by atoms with E-state index in [1.165, 1.54) is 35.4 Å². The van der Waals surface area contributed by atoms with Crippen LogP contribution in [0.2, 0.25) is 0 Å². The van der Waals surface area contributed by atoms with E-state index in [1.807, 2.05) is 0 Å². The number of amides is 1. The number of likely N-dealkylation sites (tertiary alicyclic amines) is 1. The van der Waals surface area contributed by atoms with Gasteiger partial charge in [-0.1, -0.05) is 12.1 Å². The minimum Gasteiger partial charge on any atom is -0.491 e. The highest BCUT2D eigenvalue weighted by Gasteiger charge is 2.29. The van der Waals surface area contributed by atoms with Gasteiger partial charge in [0.1, 0.15) is 30.1 Å². The van der Waals surface area contributed by atoms with Crippen molar-refractivity contribution in [1.29, 1.82) is 0 Å². The second kappa shape index (κ2) is 9.17. The number of hydrogen-bond acceptors (Lipinski definition) is 6. The number of nitrogens with zero attached hydrogens (tertiary/aromatic N) is 5. The van der Waals surface area contributed by atoms with Crippen molar-refractivity contribution < 1.29 is 23.4 Å². The molecule has 2 atom stereocenters. The molecule has 0 aliphatic carbocycles. The summed E-state index contributed by atoms with van der Waals surface area (Å²) in [7, 11) is 0. The minimum atomic E-state index is -0.911. The fourth-order valence-corrected chi connectivity index (χ4v) is 3.59. The molecule has 1 aliphatic heterocycles. The molecule has 10 heteroatoms. The number of carbonyl (C=O) groups is 1. The number of aromatic nitrogens is 4. The van der Waals surface area contributed by atoms with Crippen LogP contribution in [0.4, 0.5) is 8.78 Å². The van der Waals surface area contributed by atoms with Gasteiger partial charge in [0, 0.05) is 25.1 Å². The highest BCUT2D eigenvalue weighted by molar-refractivity contribution is 5.94. The molecule has 2 heterocycles. The van der Waals surface area contributed by atoms with Gasteiger partial charge in [-0.25, -0.2) is 8.78 Å². The molecule has 1 N–H and O–H groups in total. The van der Waals surface area contributed by atoms with E-state index in [2.05, 4.69) is 15.4 Å². The zero-order valence-electron chi connectivity index (χ0n) is 16.6. The molecule has 1 fully saturated rings. The van der Waals surface area contributed by atoms with Gasteiger partial charge in [0.2, 0.25) is 0 Å². The van der Waals surface area contributed by atoms with Crippen molar-refractivity contribution in [3.05, 3.63) is 71.6 Å². The van der Waals surface area contributed by atoms with Crippen LogP contribution in [0.25, 0.3) is 0 Å². The second-order valence-corrected chi connectivity index (χ2v) is 7.39. The van der Waals surface area contributed by atoms with Crippen molar-refractivity contribution in [2.24, 2.45) is 0 Å². The number of carbonyl (C=O) groups excluding carboxylic acids is 1. The standard InChI is InChI=1S/C21H21F2N5O3/c22-16-3-1-14(2-4-16)15-7-8-27(10-15)21(30)19-6-5-18(9-20(19)23)31-12-17(29)11-28-25-13-24-26-28/h1-6,9,13,15,17,29H,7-8,10-12H2. The topological polar surface area (TPSA) is 93.4 Å². The van der Waals surface area contributed by atoms with E-state index in [4.69, 9.17) is 4.74 Å². The van der Waals surface area contributed by atoms with Gasteiger partial charge in [-0.2, -0.15) is 4.80 Å². The van der Waals surface area contributed by atoms with Crippen molar-refractivity contribution in [3.8, 4) is 5.75 Å². The molecule has 0 spiro atoms. The summed E-state index contributed by atoms with van der Waals surface area (Å²) in [4.78, 5) is 15.6. The second-order valence-electron chi connectivity index (χ2n) is 7.39. The fourth-order valence-electron chi connectivity index (χ4n) is 3.59. The third kappa shape index (κ3) is 5.02. The lowest BCUT2D eigenvalue weighted by Crippen LogP contribution is -2.29. The predicted octanol–water partition coefficient (Wildman–Crippen LogP) is 2.02. The van der Waals surface area contributed by atoms with E-state index in [9.17, 15) is 18.7 Å². The molecule has 1 aromatic heterocycles. The molecule has 31 heavy (non-hydrogen) atoms. The molecule has 0 bridgehead atoms. The van der Waals surface area contributed by atoms with Crippen LogP contribution >= 0.6 is 0 Å². The summed E-state index contributed by atoms with van der Waals surface area (Å²) in [5.74, 6) is -1.10. The smallest absolute Gasteiger partial charge is 0.256 e. The molecule has 162 valence electrons. The Labute approximate surface area is 177 Å². The average Bonchev–Trinajstić information content (AvgIpc) is 3.45. The number of rotatable bonds is 7. The number of benzene rings is 2. The molecule has 1 aliphatic rings. The number of ether oxygens (including phenoxy) is 1. The Morgan fingerprint density at radius 2 is 2.03 bits per heavy atom. The maximum absolute atomic E-state index is 14.6. The molecule has 3 aromatic rings. The van der Waals surface area contributed by atoms with Crippen LogP contribution in [-0.4, -0.2) is 61.9 Å². The first-order valence-electron chi connectivity index (χ1n) is 9.85. The maximum atomic E-state index is 14.6. The largest absolute Gasteiger partial charge is 0.491 e. The third-order valence-electron chi connectivity index (χ3n) is 5.20. The van der Waals surface area contributed by atoms with Crippen LogP contribution in [0.15, 0.2) is 48.8 Å². The number of hydrogen-bond donors (Lipinski definition) is 1. The molecule has 2 aromatic carbocycles. The third-order valence-corrected chi connectivity index (χ3v) is 5.20. The van der Waals surface area contributed by atoms with E-state index in [0.29, 0.717) is 13.1 Å². The quantitative estimate of drug-likeness (QED) is 0.618. The summed E-state index contributed by atoms with van der Waals surface area (Å²) in [6, 6.07) is 10.2. The molecular weight excluding hydrogens is 408 g/mol. The van der Waals surface area contributed by atoms with E-state index in [0.717, 1.165) is 18.1 Å². The van der Waals surface area contributed by atoms with Crippen molar-refractivity contribution in [3.63, 3.8) is 0 Å². The van der Waals surface area contributed by atoms with Crippen LogP contribution in [-0.2, 0) is 6.54 Å². The average molecular weight is 429 g/mol. The van der Waals surface area contributed by atoms with Gasteiger partial charge in [-0.15, -0.1) is 10.2 Å². The van der Waals surface area contributed by atoms with E-state index in [-0.39, 0.29) is 36.2 Å². The summed E-state index contributed by atoms with van der Waals surface area (Å²) >= 11 is 0. The van der Waals surface area contributed by atoms with Crippen molar-refractivity contribution in [2.45, 2.75) is 25.0 Å². The number of aliphatic hydroxyl groups is 1. The first kappa shape index (κ1) is 20.9. The summed E-state index contributed by atoms with van der Waals surface area (Å²) < 4.78 is 33.1. The minimum absolute atomic E-state index is 0.0422. The molecule has 8 nitrogen and oxygen atoms in total. The highest BCUT2D eigenvalue weighted by atomic mass is 19.1. The first-order chi connectivity index (χ1) is 15.0. The molecule has 0 radical (unpaired) electrons. The summed E-state index contributed by atoms with van der Waals surface area (Å²) in [6.07, 6.45) is 1.08. The van der Waals surface area contributed by atoms with Crippen LogP contribution in [0.5, 0.6) is 5.75 Å². The number of halogens is 2. The molecular formula is C21H21F2N5O3. The predicted molar refractivity (Wildman–Crippen MR) is 105 cm³/mol. The summed E-state index contributed by atoms with van der Waals surface area (Å²) in [5, 5.41) is 20.9. The van der Waals surface area contributed by atoms with Gasteiger partial charge in [-0.3, -0.25) is 4.79 Å². The van der Waals surface area contributed by atoms with Crippen LogP contribution < -0.4 is 4.74 Å². The number of aliphatic hydroxyl groups excluding tert-OH is 1. The van der Waals surface area contributed by atoms with Gasteiger partial charge in [0.25, 0.3) is 5.91 Å². The Morgan fingerprint density at radius 1 is 1.23 bits per heavy atom. The number of tetrazole rings is 1. The summed E-state index contributed by atoms with van der Waals surface area (Å²) in [6.45, 7) is 0.939. The zero-order valence-corrected chi connectivity index (χ0v) is 16.6. The van der Waals surface area contributed by atoms with Crippen LogP contribution in [0.1, 0.15) is 28.3 Å². The van der Waals surface area contributed by atoms with E-state index < -0.39 is 17.8 Å².